The minimum atomic E-state index is -0.783. The number of carbonyl (C=O) groups is 3. The van der Waals surface area contributed by atoms with E-state index in [2.05, 4.69) is 5.32 Å². The van der Waals surface area contributed by atoms with Crippen LogP contribution in [0.5, 0.6) is 5.75 Å². The van der Waals surface area contributed by atoms with Crippen molar-refractivity contribution >= 4 is 35.2 Å². The second-order valence-corrected chi connectivity index (χ2v) is 7.62. The number of hydrogen-bond donors (Lipinski definition) is 1. The minimum Gasteiger partial charge on any atom is -0.495 e. The van der Waals surface area contributed by atoms with Crippen LogP contribution in [0.2, 0.25) is 0 Å². The zero-order valence-electron chi connectivity index (χ0n) is 16.3. The lowest BCUT2D eigenvalue weighted by atomic mass is 10.2. The first-order chi connectivity index (χ1) is 13.9. The second kappa shape index (κ2) is 9.04. The summed E-state index contributed by atoms with van der Waals surface area (Å²) in [5.41, 5.74) is 1.44. The number of methoxy groups -OCH3 is 1. The van der Waals surface area contributed by atoms with E-state index in [-0.39, 0.29) is 5.91 Å². The van der Waals surface area contributed by atoms with Gasteiger partial charge in [0, 0.05) is 12.7 Å². The zero-order valence-corrected chi connectivity index (χ0v) is 17.2. The number of anilines is 1. The fraction of sp³-hybridized carbons (Fsp3) is 0.350. The number of aryl methyl sites for hydroxylation is 1. The lowest BCUT2D eigenvalue weighted by Crippen LogP contribution is -2.43. The highest BCUT2D eigenvalue weighted by Crippen LogP contribution is 2.41. The van der Waals surface area contributed by atoms with Gasteiger partial charge < -0.3 is 24.1 Å². The van der Waals surface area contributed by atoms with E-state index in [0.717, 1.165) is 5.56 Å². The normalized spacial score (nSPS) is 18.4. The molecule has 1 saturated heterocycles. The standard InChI is InChI=1S/C20H22N2O6S/c1-12-6-7-16(26-3)14(9-12)21-18(24)10-28-20(25)15-11-29-19(22(15)13(2)23)17-5-4-8-27-17/h4-9,15,19H,10-11H2,1-3H3,(H,21,24)/t15-,19+/m1/s1. The third kappa shape index (κ3) is 4.73. The Balaban J connectivity index is 1.61. The fourth-order valence-electron chi connectivity index (χ4n) is 3.06. The lowest BCUT2D eigenvalue weighted by molar-refractivity contribution is -0.155. The van der Waals surface area contributed by atoms with Crippen LogP contribution in [0.25, 0.3) is 0 Å². The molecule has 154 valence electrons. The number of nitrogens with one attached hydrogen (secondary N) is 1. The van der Waals surface area contributed by atoms with Crippen LogP contribution in [0.3, 0.4) is 0 Å². The number of hydrogen-bond acceptors (Lipinski definition) is 7. The summed E-state index contributed by atoms with van der Waals surface area (Å²) in [4.78, 5) is 38.3. The van der Waals surface area contributed by atoms with E-state index in [1.165, 1.54) is 37.0 Å². The first-order valence-electron chi connectivity index (χ1n) is 8.95. The van der Waals surface area contributed by atoms with Crippen molar-refractivity contribution in [2.45, 2.75) is 25.3 Å². The van der Waals surface area contributed by atoms with Crippen LogP contribution in [0.1, 0.15) is 23.6 Å². The Hall–Kier alpha value is -2.94. The molecule has 0 radical (unpaired) electrons. The Morgan fingerprint density at radius 2 is 2.10 bits per heavy atom. The molecule has 2 heterocycles. The van der Waals surface area contributed by atoms with Crippen molar-refractivity contribution < 1.29 is 28.3 Å². The maximum atomic E-state index is 12.5. The number of amides is 2. The van der Waals surface area contributed by atoms with Gasteiger partial charge in [-0.3, -0.25) is 9.59 Å². The Bertz CT molecular complexity index is 898. The molecular formula is C20H22N2O6S. The molecule has 1 aromatic heterocycles. The first kappa shape index (κ1) is 20.8. The van der Waals surface area contributed by atoms with Gasteiger partial charge in [0.2, 0.25) is 5.91 Å². The SMILES string of the molecule is COc1ccc(C)cc1NC(=O)COC(=O)[C@H]1CS[C@@H](c2ccco2)N1C(C)=O. The molecule has 0 spiro atoms. The smallest absolute Gasteiger partial charge is 0.330 e. The van der Waals surface area contributed by atoms with Crippen molar-refractivity contribution in [1.82, 2.24) is 4.90 Å². The number of thioether (sulfide) groups is 1. The fourth-order valence-corrected chi connectivity index (χ4v) is 4.48. The molecule has 3 rings (SSSR count). The molecule has 0 aliphatic carbocycles. The molecule has 8 nitrogen and oxygen atoms in total. The minimum absolute atomic E-state index is 0.271. The number of benzene rings is 1. The molecule has 1 N–H and O–H groups in total. The van der Waals surface area contributed by atoms with Crippen molar-refractivity contribution in [2.24, 2.45) is 0 Å². The number of carbonyl (C=O) groups excluding carboxylic acids is 3. The van der Waals surface area contributed by atoms with Crippen molar-refractivity contribution in [3.63, 3.8) is 0 Å². The Labute approximate surface area is 172 Å². The van der Waals surface area contributed by atoms with Crippen LogP contribution in [-0.2, 0) is 19.1 Å². The zero-order chi connectivity index (χ0) is 21.0. The quantitative estimate of drug-likeness (QED) is 0.720. The lowest BCUT2D eigenvalue weighted by Gasteiger charge is -2.25. The van der Waals surface area contributed by atoms with Gasteiger partial charge in [0.1, 0.15) is 22.9 Å². The van der Waals surface area contributed by atoms with E-state index in [9.17, 15) is 14.4 Å². The van der Waals surface area contributed by atoms with Crippen LogP contribution in [0.15, 0.2) is 41.0 Å². The van der Waals surface area contributed by atoms with Crippen molar-refractivity contribution in [3.05, 3.63) is 47.9 Å². The molecule has 2 aromatic rings. The molecule has 29 heavy (non-hydrogen) atoms. The van der Waals surface area contributed by atoms with E-state index < -0.39 is 29.9 Å². The first-order valence-corrected chi connectivity index (χ1v) is 10.0. The topological polar surface area (TPSA) is 98.1 Å². The largest absolute Gasteiger partial charge is 0.495 e. The summed E-state index contributed by atoms with van der Waals surface area (Å²) in [6.07, 6.45) is 1.52. The van der Waals surface area contributed by atoms with E-state index in [1.54, 1.807) is 24.3 Å². The highest BCUT2D eigenvalue weighted by molar-refractivity contribution is 7.99. The van der Waals surface area contributed by atoms with Crippen LogP contribution in [-0.4, -0.2) is 48.2 Å². The number of esters is 1. The van der Waals surface area contributed by atoms with E-state index >= 15 is 0 Å². The van der Waals surface area contributed by atoms with E-state index in [4.69, 9.17) is 13.9 Å². The van der Waals surface area contributed by atoms with Crippen molar-refractivity contribution in [2.75, 3.05) is 24.8 Å². The maximum absolute atomic E-state index is 12.5. The molecule has 0 saturated carbocycles. The number of nitrogens with zero attached hydrogens (tertiary/aromatic N) is 1. The van der Waals surface area contributed by atoms with Crippen LogP contribution >= 0.6 is 11.8 Å². The number of furan rings is 1. The highest BCUT2D eigenvalue weighted by atomic mass is 32.2. The van der Waals surface area contributed by atoms with Gasteiger partial charge in [-0.1, -0.05) is 6.07 Å². The van der Waals surface area contributed by atoms with Gasteiger partial charge in [-0.2, -0.15) is 0 Å². The summed E-state index contributed by atoms with van der Waals surface area (Å²) in [6, 6.07) is 8.06. The summed E-state index contributed by atoms with van der Waals surface area (Å²) in [5, 5.41) is 2.27. The van der Waals surface area contributed by atoms with Gasteiger partial charge in [-0.15, -0.1) is 11.8 Å². The summed E-state index contributed by atoms with van der Waals surface area (Å²) in [5.74, 6) is 0.0541. The summed E-state index contributed by atoms with van der Waals surface area (Å²) in [7, 11) is 1.50. The van der Waals surface area contributed by atoms with E-state index in [0.29, 0.717) is 22.9 Å². The molecule has 2 amide bonds. The molecule has 2 atom stereocenters. The molecule has 9 heteroatoms. The van der Waals surface area contributed by atoms with Crippen LogP contribution in [0.4, 0.5) is 5.69 Å². The monoisotopic (exact) mass is 418 g/mol. The van der Waals surface area contributed by atoms with Gasteiger partial charge >= 0.3 is 5.97 Å². The average Bonchev–Trinajstić information content (AvgIpc) is 3.35. The van der Waals surface area contributed by atoms with Gasteiger partial charge in [-0.25, -0.2) is 4.79 Å². The summed E-state index contributed by atoms with van der Waals surface area (Å²) >= 11 is 1.41. The molecule has 1 aliphatic rings. The molecule has 0 unspecified atom stereocenters. The number of rotatable bonds is 6. The van der Waals surface area contributed by atoms with Gasteiger partial charge in [0.25, 0.3) is 5.91 Å². The second-order valence-electron chi connectivity index (χ2n) is 6.50. The summed E-state index contributed by atoms with van der Waals surface area (Å²) in [6.45, 7) is 2.81. The molecule has 1 fully saturated rings. The molecule has 1 aliphatic heterocycles. The van der Waals surface area contributed by atoms with Crippen LogP contribution in [0, 0.1) is 6.92 Å². The Morgan fingerprint density at radius 3 is 2.76 bits per heavy atom. The van der Waals surface area contributed by atoms with Crippen molar-refractivity contribution in [1.29, 1.82) is 0 Å². The third-order valence-corrected chi connectivity index (χ3v) is 5.68. The maximum Gasteiger partial charge on any atom is 0.330 e. The van der Waals surface area contributed by atoms with Gasteiger partial charge in [-0.05, 0) is 36.8 Å². The Kier molecular flexibility index (Phi) is 6.48. The predicted molar refractivity (Wildman–Crippen MR) is 108 cm³/mol. The average molecular weight is 418 g/mol. The van der Waals surface area contributed by atoms with E-state index in [1.807, 2.05) is 13.0 Å². The van der Waals surface area contributed by atoms with Gasteiger partial charge in [0.15, 0.2) is 6.61 Å². The Morgan fingerprint density at radius 1 is 1.31 bits per heavy atom. The van der Waals surface area contributed by atoms with Crippen molar-refractivity contribution in [3.8, 4) is 5.75 Å². The summed E-state index contributed by atoms with van der Waals surface area (Å²) < 4.78 is 15.8. The molecule has 0 bridgehead atoms. The third-order valence-electron chi connectivity index (χ3n) is 4.40. The molecular weight excluding hydrogens is 396 g/mol. The highest BCUT2D eigenvalue weighted by Gasteiger charge is 2.43. The molecule has 1 aromatic carbocycles. The number of ether oxygens (including phenoxy) is 2. The predicted octanol–water partition coefficient (Wildman–Crippen LogP) is 2.74. The van der Waals surface area contributed by atoms with Gasteiger partial charge in [0.05, 0.1) is 19.1 Å². The van der Waals surface area contributed by atoms with Crippen LogP contribution < -0.4 is 10.1 Å².